The van der Waals surface area contributed by atoms with Gasteiger partial charge in [-0.15, -0.1) is 0 Å². The Morgan fingerprint density at radius 3 is 2.27 bits per heavy atom. The summed E-state index contributed by atoms with van der Waals surface area (Å²) < 4.78 is 10.2. The molecule has 0 saturated carbocycles. The van der Waals surface area contributed by atoms with Crippen molar-refractivity contribution in [3.8, 4) is 17.6 Å². The topological polar surface area (TPSA) is 114 Å². The quantitative estimate of drug-likeness (QED) is 0.586. The van der Waals surface area contributed by atoms with Gasteiger partial charge in [-0.05, 0) is 48.0 Å². The minimum absolute atomic E-state index is 0.0494. The van der Waals surface area contributed by atoms with Crippen LogP contribution in [0.3, 0.4) is 0 Å². The fourth-order valence-corrected chi connectivity index (χ4v) is 2.00. The van der Waals surface area contributed by atoms with E-state index in [2.05, 4.69) is 5.32 Å². The van der Waals surface area contributed by atoms with Crippen LogP contribution in [0.2, 0.25) is 0 Å². The zero-order chi connectivity index (χ0) is 18.9. The van der Waals surface area contributed by atoms with E-state index in [0.29, 0.717) is 22.7 Å². The summed E-state index contributed by atoms with van der Waals surface area (Å²) >= 11 is 0. The minimum Gasteiger partial charge on any atom is -0.497 e. The number of benzene rings is 2. The van der Waals surface area contributed by atoms with E-state index in [1.165, 1.54) is 6.08 Å². The molecule has 0 spiro atoms. The maximum absolute atomic E-state index is 12.2. The van der Waals surface area contributed by atoms with Crippen LogP contribution in [0.15, 0.2) is 54.1 Å². The molecule has 7 heteroatoms. The first-order valence-corrected chi connectivity index (χ1v) is 7.60. The number of hydrogen-bond donors (Lipinski definition) is 2. The molecule has 0 aliphatic carbocycles. The summed E-state index contributed by atoms with van der Waals surface area (Å²) in [5.41, 5.74) is 6.14. The number of nitrogens with zero attached hydrogens (tertiary/aromatic N) is 1. The first-order chi connectivity index (χ1) is 12.5. The fraction of sp³-hybridized carbons (Fsp3) is 0.105. The van der Waals surface area contributed by atoms with Crippen LogP contribution in [-0.2, 0) is 9.59 Å². The normalized spacial score (nSPS) is 10.5. The van der Waals surface area contributed by atoms with E-state index in [0.717, 1.165) is 0 Å². The number of carbonyl (C=O) groups is 2. The Hall–Kier alpha value is -3.79. The molecule has 2 rings (SSSR count). The van der Waals surface area contributed by atoms with Crippen LogP contribution in [0.4, 0.5) is 5.69 Å². The van der Waals surface area contributed by atoms with Crippen LogP contribution in [0.5, 0.6) is 11.5 Å². The average molecular weight is 351 g/mol. The highest BCUT2D eigenvalue weighted by Gasteiger charge is 2.10. The number of amides is 2. The van der Waals surface area contributed by atoms with Crippen molar-refractivity contribution in [2.24, 2.45) is 5.73 Å². The van der Waals surface area contributed by atoms with Crippen LogP contribution in [-0.4, -0.2) is 25.5 Å². The zero-order valence-electron chi connectivity index (χ0n) is 14.1. The van der Waals surface area contributed by atoms with Gasteiger partial charge < -0.3 is 20.5 Å². The third-order valence-electron chi connectivity index (χ3n) is 3.29. The number of hydrogen-bond acceptors (Lipinski definition) is 5. The molecule has 2 aromatic carbocycles. The molecular weight excluding hydrogens is 334 g/mol. The van der Waals surface area contributed by atoms with Gasteiger partial charge in [-0.25, -0.2) is 0 Å². The first-order valence-electron chi connectivity index (χ1n) is 7.60. The number of nitriles is 1. The molecule has 7 nitrogen and oxygen atoms in total. The Morgan fingerprint density at radius 1 is 1.12 bits per heavy atom. The molecule has 2 amide bonds. The smallest absolute Gasteiger partial charge is 0.266 e. The van der Waals surface area contributed by atoms with Crippen molar-refractivity contribution in [2.45, 2.75) is 0 Å². The maximum atomic E-state index is 12.2. The van der Waals surface area contributed by atoms with Gasteiger partial charge in [0.1, 0.15) is 23.1 Å². The Bertz CT molecular complexity index is 850. The van der Waals surface area contributed by atoms with E-state index in [1.807, 2.05) is 6.07 Å². The van der Waals surface area contributed by atoms with Crippen molar-refractivity contribution in [1.82, 2.24) is 0 Å². The molecule has 0 heterocycles. The van der Waals surface area contributed by atoms with E-state index < -0.39 is 11.8 Å². The third-order valence-corrected chi connectivity index (χ3v) is 3.29. The number of nitrogens with one attached hydrogen (secondary N) is 1. The molecule has 132 valence electrons. The van der Waals surface area contributed by atoms with Crippen molar-refractivity contribution < 1.29 is 19.1 Å². The molecule has 26 heavy (non-hydrogen) atoms. The van der Waals surface area contributed by atoms with Crippen molar-refractivity contribution in [2.75, 3.05) is 19.0 Å². The van der Waals surface area contributed by atoms with Crippen LogP contribution in [0.1, 0.15) is 5.56 Å². The molecule has 0 fully saturated rings. The lowest BCUT2D eigenvalue weighted by molar-refractivity contribution is -0.120. The van der Waals surface area contributed by atoms with Crippen LogP contribution < -0.4 is 20.5 Å². The molecular formula is C19H17N3O4. The zero-order valence-corrected chi connectivity index (χ0v) is 14.1. The average Bonchev–Trinajstić information content (AvgIpc) is 2.65. The number of rotatable bonds is 7. The molecule has 3 N–H and O–H groups in total. The Kier molecular flexibility index (Phi) is 6.34. The van der Waals surface area contributed by atoms with E-state index in [1.54, 1.807) is 55.6 Å². The van der Waals surface area contributed by atoms with E-state index in [-0.39, 0.29) is 12.2 Å². The van der Waals surface area contributed by atoms with Crippen LogP contribution in [0.25, 0.3) is 6.08 Å². The van der Waals surface area contributed by atoms with E-state index >= 15 is 0 Å². The number of methoxy groups -OCH3 is 1. The highest BCUT2D eigenvalue weighted by molar-refractivity contribution is 6.09. The molecule has 0 aliphatic rings. The van der Waals surface area contributed by atoms with Crippen molar-refractivity contribution in [3.63, 3.8) is 0 Å². The van der Waals surface area contributed by atoms with Crippen LogP contribution in [0, 0.1) is 11.3 Å². The summed E-state index contributed by atoms with van der Waals surface area (Å²) in [6, 6.07) is 15.2. The minimum atomic E-state index is -0.573. The Labute approximate surface area is 150 Å². The summed E-state index contributed by atoms with van der Waals surface area (Å²) in [4.78, 5) is 22.9. The fourth-order valence-electron chi connectivity index (χ4n) is 2.00. The number of primary amides is 1. The van der Waals surface area contributed by atoms with Crippen molar-refractivity contribution in [1.29, 1.82) is 5.26 Å². The number of carbonyl (C=O) groups excluding carboxylic acids is 2. The van der Waals surface area contributed by atoms with Gasteiger partial charge in [-0.2, -0.15) is 5.26 Å². The molecule has 0 unspecified atom stereocenters. The number of ether oxygens (including phenoxy) is 2. The second kappa shape index (κ2) is 8.89. The summed E-state index contributed by atoms with van der Waals surface area (Å²) in [6.45, 7) is -0.219. The molecule has 0 aliphatic heterocycles. The third kappa shape index (κ3) is 5.39. The summed E-state index contributed by atoms with van der Waals surface area (Å²) in [5.74, 6) is 0.0301. The summed E-state index contributed by atoms with van der Waals surface area (Å²) in [5, 5.41) is 11.9. The van der Waals surface area contributed by atoms with Crippen LogP contribution >= 0.6 is 0 Å². The lowest BCUT2D eigenvalue weighted by atomic mass is 10.1. The number of nitrogens with two attached hydrogens (primary N) is 1. The van der Waals surface area contributed by atoms with Crippen molar-refractivity contribution in [3.05, 3.63) is 59.7 Å². The predicted octanol–water partition coefficient (Wildman–Crippen LogP) is 2.10. The SMILES string of the molecule is COc1ccc(NC(=O)/C(C#N)=C/c2ccc(OCC(N)=O)cc2)cc1. The van der Waals surface area contributed by atoms with Gasteiger partial charge in [-0.1, -0.05) is 12.1 Å². The van der Waals surface area contributed by atoms with E-state index in [4.69, 9.17) is 15.2 Å². The largest absolute Gasteiger partial charge is 0.497 e. The van der Waals surface area contributed by atoms with Gasteiger partial charge in [0.25, 0.3) is 11.8 Å². The maximum Gasteiger partial charge on any atom is 0.266 e. The van der Waals surface area contributed by atoms with Gasteiger partial charge in [0, 0.05) is 5.69 Å². The first kappa shape index (κ1) is 18.5. The highest BCUT2D eigenvalue weighted by atomic mass is 16.5. The number of anilines is 1. The standard InChI is InChI=1S/C19H17N3O4/c1-25-16-8-4-15(5-9-16)22-19(24)14(11-20)10-13-2-6-17(7-3-13)26-12-18(21)23/h2-10H,12H2,1H3,(H2,21,23)(H,22,24)/b14-10+. The van der Waals surface area contributed by atoms with Gasteiger partial charge in [0.15, 0.2) is 6.61 Å². The predicted molar refractivity (Wildman–Crippen MR) is 96.3 cm³/mol. The lowest BCUT2D eigenvalue weighted by Crippen LogP contribution is -2.19. The highest BCUT2D eigenvalue weighted by Crippen LogP contribution is 2.17. The monoisotopic (exact) mass is 351 g/mol. The molecule has 0 radical (unpaired) electrons. The molecule has 0 saturated heterocycles. The van der Waals surface area contributed by atoms with Gasteiger partial charge in [0.2, 0.25) is 0 Å². The summed E-state index contributed by atoms with van der Waals surface area (Å²) in [6.07, 6.45) is 1.46. The van der Waals surface area contributed by atoms with Crippen molar-refractivity contribution >= 4 is 23.6 Å². The van der Waals surface area contributed by atoms with Gasteiger partial charge in [-0.3, -0.25) is 9.59 Å². The van der Waals surface area contributed by atoms with Gasteiger partial charge >= 0.3 is 0 Å². The Morgan fingerprint density at radius 2 is 1.73 bits per heavy atom. The molecule has 0 bridgehead atoms. The second-order valence-corrected chi connectivity index (χ2v) is 5.18. The van der Waals surface area contributed by atoms with E-state index in [9.17, 15) is 14.9 Å². The Balaban J connectivity index is 2.07. The molecule has 2 aromatic rings. The van der Waals surface area contributed by atoms with Gasteiger partial charge in [0.05, 0.1) is 7.11 Å². The lowest BCUT2D eigenvalue weighted by Gasteiger charge is -2.06. The molecule has 0 atom stereocenters. The second-order valence-electron chi connectivity index (χ2n) is 5.18. The summed E-state index contributed by atoms with van der Waals surface area (Å²) in [7, 11) is 1.55. The molecule has 0 aromatic heterocycles.